The number of aromatic nitrogens is 3. The lowest BCUT2D eigenvalue weighted by Gasteiger charge is -2.35. The minimum atomic E-state index is -0.0601. The molecular weight excluding hydrogens is 352 g/mol. The number of fused-ring (bicyclic) bond motifs is 1. The summed E-state index contributed by atoms with van der Waals surface area (Å²) in [6.07, 6.45) is 14.0. The smallest absolute Gasteiger partial charge is 0.256 e. The largest absolute Gasteiger partial charge is 0.357 e. The third-order valence-corrected chi connectivity index (χ3v) is 6.54. The van der Waals surface area contributed by atoms with Crippen LogP contribution in [-0.2, 0) is 0 Å². The summed E-state index contributed by atoms with van der Waals surface area (Å²) < 4.78 is 1.69. The lowest BCUT2D eigenvalue weighted by Crippen LogP contribution is -2.38. The molecule has 2 unspecified atom stereocenters. The second-order valence-electron chi connectivity index (χ2n) is 8.45. The average molecular weight is 385 g/mol. The van der Waals surface area contributed by atoms with Crippen LogP contribution in [0.4, 0.5) is 5.82 Å². The number of hydrogen-bond donors (Lipinski definition) is 2. The summed E-state index contributed by atoms with van der Waals surface area (Å²) in [5, 5.41) is 7.51. The lowest BCUT2D eigenvalue weighted by atomic mass is 9.85. The number of carbonyl (C=O) groups excluding carboxylic acids is 1. The zero-order chi connectivity index (χ0) is 19.5. The highest BCUT2D eigenvalue weighted by molar-refractivity contribution is 5.99. The molecule has 7 nitrogen and oxygen atoms in total. The van der Waals surface area contributed by atoms with Crippen molar-refractivity contribution in [2.75, 3.05) is 18.5 Å². The first-order valence-corrected chi connectivity index (χ1v) is 10.7. The van der Waals surface area contributed by atoms with E-state index in [4.69, 9.17) is 10.7 Å². The first-order chi connectivity index (χ1) is 13.7. The monoisotopic (exact) mass is 384 g/mol. The molecule has 4 rings (SSSR count). The fourth-order valence-electron chi connectivity index (χ4n) is 4.74. The summed E-state index contributed by atoms with van der Waals surface area (Å²) in [6.45, 7) is 0.755. The van der Waals surface area contributed by atoms with Gasteiger partial charge in [0.2, 0.25) is 0 Å². The Labute approximate surface area is 166 Å². The number of nitrogens with zero attached hydrogens (tertiary/aromatic N) is 4. The number of anilines is 1. The minimum Gasteiger partial charge on any atom is -0.357 e. The van der Waals surface area contributed by atoms with Gasteiger partial charge in [0, 0.05) is 25.3 Å². The van der Waals surface area contributed by atoms with Crippen LogP contribution in [0.15, 0.2) is 18.5 Å². The van der Waals surface area contributed by atoms with Crippen molar-refractivity contribution in [2.45, 2.75) is 69.9 Å². The van der Waals surface area contributed by atoms with Gasteiger partial charge in [-0.25, -0.2) is 9.50 Å². The predicted molar refractivity (Wildman–Crippen MR) is 111 cm³/mol. The Morgan fingerprint density at radius 1 is 1.25 bits per heavy atom. The van der Waals surface area contributed by atoms with Crippen molar-refractivity contribution in [2.24, 2.45) is 11.7 Å². The molecule has 2 aromatic rings. The first-order valence-electron chi connectivity index (χ1n) is 10.7. The second kappa shape index (κ2) is 8.47. The van der Waals surface area contributed by atoms with Crippen LogP contribution in [0, 0.1) is 5.92 Å². The van der Waals surface area contributed by atoms with Crippen molar-refractivity contribution < 1.29 is 4.79 Å². The fourth-order valence-corrected chi connectivity index (χ4v) is 4.74. The van der Waals surface area contributed by atoms with E-state index in [9.17, 15) is 4.79 Å². The van der Waals surface area contributed by atoms with E-state index in [0.29, 0.717) is 23.2 Å². The van der Waals surface area contributed by atoms with Crippen molar-refractivity contribution >= 4 is 17.4 Å². The minimum absolute atomic E-state index is 0.0601. The maximum atomic E-state index is 12.8. The van der Waals surface area contributed by atoms with E-state index in [1.165, 1.54) is 32.1 Å². The standard InChI is InChI=1S/C21H32N6O/c1-26(17-9-5-6-15(12-17)13-22)19-10-11-27-20(25-19)18(14-23-27)21(28)24-16-7-3-2-4-8-16/h10-11,14-17H,2-9,12-13,22H2,1H3,(H,24,28). The highest BCUT2D eigenvalue weighted by atomic mass is 16.1. The van der Waals surface area contributed by atoms with Gasteiger partial charge < -0.3 is 16.0 Å². The second-order valence-corrected chi connectivity index (χ2v) is 8.45. The molecular formula is C21H32N6O. The van der Waals surface area contributed by atoms with Crippen LogP contribution in [-0.4, -0.2) is 46.2 Å². The molecule has 2 aliphatic carbocycles. The topological polar surface area (TPSA) is 88.5 Å². The van der Waals surface area contributed by atoms with Crippen molar-refractivity contribution in [3.8, 4) is 0 Å². The number of nitrogens with two attached hydrogens (primary N) is 1. The molecule has 2 saturated carbocycles. The Balaban J connectivity index is 1.53. The van der Waals surface area contributed by atoms with Crippen LogP contribution < -0.4 is 16.0 Å². The molecule has 7 heteroatoms. The summed E-state index contributed by atoms with van der Waals surface area (Å²) in [5.41, 5.74) is 7.09. The van der Waals surface area contributed by atoms with Crippen LogP contribution in [0.1, 0.15) is 68.1 Å². The molecule has 28 heavy (non-hydrogen) atoms. The van der Waals surface area contributed by atoms with Crippen molar-refractivity contribution in [1.82, 2.24) is 19.9 Å². The number of nitrogens with one attached hydrogen (secondary N) is 1. The summed E-state index contributed by atoms with van der Waals surface area (Å²) in [5.74, 6) is 1.43. The van der Waals surface area contributed by atoms with E-state index in [2.05, 4.69) is 22.4 Å². The van der Waals surface area contributed by atoms with Gasteiger partial charge in [-0.05, 0) is 50.6 Å². The number of carbonyl (C=O) groups is 1. The molecule has 3 N–H and O–H groups in total. The number of rotatable bonds is 5. The SMILES string of the molecule is CN(c1ccn2ncc(C(=O)NC3CCCCC3)c2n1)C1CCCC(CN)C1. The predicted octanol–water partition coefficient (Wildman–Crippen LogP) is 2.75. The maximum absolute atomic E-state index is 12.8. The molecule has 0 aromatic carbocycles. The van der Waals surface area contributed by atoms with E-state index < -0.39 is 0 Å². The Morgan fingerprint density at radius 3 is 2.86 bits per heavy atom. The molecule has 2 aromatic heterocycles. The van der Waals surface area contributed by atoms with Gasteiger partial charge in [0.1, 0.15) is 11.4 Å². The van der Waals surface area contributed by atoms with E-state index in [1.54, 1.807) is 10.7 Å². The third-order valence-electron chi connectivity index (χ3n) is 6.54. The molecule has 0 aliphatic heterocycles. The summed E-state index contributed by atoms with van der Waals surface area (Å²) in [4.78, 5) is 19.9. The third kappa shape index (κ3) is 3.99. The molecule has 2 fully saturated rings. The highest BCUT2D eigenvalue weighted by Gasteiger charge is 2.26. The number of amides is 1. The molecule has 152 valence electrons. The molecule has 2 aliphatic rings. The molecule has 0 radical (unpaired) electrons. The maximum Gasteiger partial charge on any atom is 0.256 e. The number of hydrogen-bond acceptors (Lipinski definition) is 5. The summed E-state index contributed by atoms with van der Waals surface area (Å²) in [7, 11) is 2.10. The van der Waals surface area contributed by atoms with Gasteiger partial charge in [-0.15, -0.1) is 0 Å². The van der Waals surface area contributed by atoms with Crippen LogP contribution in [0.25, 0.3) is 5.65 Å². The molecule has 2 heterocycles. The summed E-state index contributed by atoms with van der Waals surface area (Å²) in [6, 6.07) is 2.70. The van der Waals surface area contributed by atoms with Gasteiger partial charge in [-0.3, -0.25) is 4.79 Å². The van der Waals surface area contributed by atoms with Crippen LogP contribution >= 0.6 is 0 Å². The van der Waals surface area contributed by atoms with Crippen molar-refractivity contribution in [3.63, 3.8) is 0 Å². The van der Waals surface area contributed by atoms with Crippen molar-refractivity contribution in [1.29, 1.82) is 0 Å². The van der Waals surface area contributed by atoms with Gasteiger partial charge in [-0.1, -0.05) is 25.7 Å². The Kier molecular flexibility index (Phi) is 5.80. The molecule has 0 bridgehead atoms. The zero-order valence-corrected chi connectivity index (χ0v) is 16.8. The Hall–Kier alpha value is -2.15. The van der Waals surface area contributed by atoms with Crippen molar-refractivity contribution in [3.05, 3.63) is 24.0 Å². The van der Waals surface area contributed by atoms with E-state index in [0.717, 1.165) is 38.0 Å². The lowest BCUT2D eigenvalue weighted by molar-refractivity contribution is 0.0929. The quantitative estimate of drug-likeness (QED) is 0.827. The van der Waals surface area contributed by atoms with E-state index >= 15 is 0 Å². The van der Waals surface area contributed by atoms with Gasteiger partial charge >= 0.3 is 0 Å². The van der Waals surface area contributed by atoms with Gasteiger partial charge in [-0.2, -0.15) is 5.10 Å². The van der Waals surface area contributed by atoms with Crippen LogP contribution in [0.5, 0.6) is 0 Å². The normalized spacial score (nSPS) is 23.6. The molecule has 1 amide bonds. The molecule has 0 saturated heterocycles. The molecule has 0 spiro atoms. The van der Waals surface area contributed by atoms with E-state index in [-0.39, 0.29) is 11.9 Å². The Morgan fingerprint density at radius 2 is 2.07 bits per heavy atom. The van der Waals surface area contributed by atoms with Crippen LogP contribution in [0.3, 0.4) is 0 Å². The summed E-state index contributed by atoms with van der Waals surface area (Å²) >= 11 is 0. The Bertz CT molecular complexity index is 812. The average Bonchev–Trinajstić information content (AvgIpc) is 3.17. The highest BCUT2D eigenvalue weighted by Crippen LogP contribution is 2.29. The van der Waals surface area contributed by atoms with E-state index in [1.807, 2.05) is 12.3 Å². The first kappa shape index (κ1) is 19.2. The van der Waals surface area contributed by atoms with Gasteiger partial charge in [0.15, 0.2) is 5.65 Å². The zero-order valence-electron chi connectivity index (χ0n) is 16.8. The van der Waals surface area contributed by atoms with Gasteiger partial charge in [0.05, 0.1) is 6.20 Å². The van der Waals surface area contributed by atoms with Gasteiger partial charge in [0.25, 0.3) is 5.91 Å². The fraction of sp³-hybridized carbons (Fsp3) is 0.667. The van der Waals surface area contributed by atoms with Crippen LogP contribution in [0.2, 0.25) is 0 Å². The molecule has 2 atom stereocenters.